The highest BCUT2D eigenvalue weighted by Crippen LogP contribution is 2.24. The first-order valence-electron chi connectivity index (χ1n) is 8.85. The van der Waals surface area contributed by atoms with Crippen molar-refractivity contribution in [1.29, 1.82) is 5.26 Å². The predicted molar refractivity (Wildman–Crippen MR) is 107 cm³/mol. The summed E-state index contributed by atoms with van der Waals surface area (Å²) in [5.41, 5.74) is 7.16. The summed E-state index contributed by atoms with van der Waals surface area (Å²) in [5.74, 6) is -1.61. The molecule has 0 aromatic heterocycles. The van der Waals surface area contributed by atoms with Crippen molar-refractivity contribution in [3.63, 3.8) is 0 Å². The first kappa shape index (κ1) is 19.6. The third-order valence-electron chi connectivity index (χ3n) is 4.19. The molecule has 3 rings (SSSR count). The van der Waals surface area contributed by atoms with Crippen molar-refractivity contribution < 1.29 is 19.1 Å². The largest absolute Gasteiger partial charge is 0.457 e. The van der Waals surface area contributed by atoms with Crippen molar-refractivity contribution in [2.24, 2.45) is 0 Å². The van der Waals surface area contributed by atoms with Crippen molar-refractivity contribution in [3.8, 4) is 6.07 Å². The Labute approximate surface area is 168 Å². The van der Waals surface area contributed by atoms with E-state index < -0.39 is 11.9 Å². The number of carbonyl (C=O) groups is 2. The number of nitrogen functional groups attached to an aromatic ring is 1. The van der Waals surface area contributed by atoms with Crippen LogP contribution in [0.4, 0.5) is 5.69 Å². The van der Waals surface area contributed by atoms with Gasteiger partial charge in [-0.1, -0.05) is 60.7 Å². The van der Waals surface area contributed by atoms with Crippen LogP contribution in [0.3, 0.4) is 0 Å². The molecule has 0 heterocycles. The molecule has 0 amide bonds. The van der Waals surface area contributed by atoms with Crippen molar-refractivity contribution >= 4 is 17.6 Å². The maximum atomic E-state index is 12.7. The van der Waals surface area contributed by atoms with Gasteiger partial charge in [0.05, 0.1) is 16.7 Å². The van der Waals surface area contributed by atoms with Gasteiger partial charge in [0.2, 0.25) is 0 Å². The Kier molecular flexibility index (Phi) is 6.23. The van der Waals surface area contributed by atoms with E-state index in [0.717, 1.165) is 11.1 Å². The number of anilines is 1. The third-order valence-corrected chi connectivity index (χ3v) is 4.19. The van der Waals surface area contributed by atoms with Gasteiger partial charge in [-0.05, 0) is 23.3 Å². The average Bonchev–Trinajstić information content (AvgIpc) is 2.77. The number of nitrogens with zero attached hydrogens (tertiary/aromatic N) is 1. The molecule has 0 aliphatic heterocycles. The molecule has 0 atom stereocenters. The van der Waals surface area contributed by atoms with Gasteiger partial charge in [-0.25, -0.2) is 9.59 Å². The molecule has 144 valence electrons. The van der Waals surface area contributed by atoms with Crippen LogP contribution < -0.4 is 5.73 Å². The van der Waals surface area contributed by atoms with E-state index in [9.17, 15) is 14.9 Å². The Morgan fingerprint density at radius 3 is 1.72 bits per heavy atom. The fourth-order valence-corrected chi connectivity index (χ4v) is 2.73. The molecule has 0 aliphatic rings. The highest BCUT2D eigenvalue weighted by Gasteiger charge is 2.26. The van der Waals surface area contributed by atoms with Crippen LogP contribution in [0.2, 0.25) is 0 Å². The van der Waals surface area contributed by atoms with Crippen LogP contribution in [0.25, 0.3) is 0 Å². The molecule has 0 saturated carbocycles. The summed E-state index contributed by atoms with van der Waals surface area (Å²) in [6, 6.07) is 22.8. The number of nitriles is 1. The van der Waals surface area contributed by atoms with E-state index in [-0.39, 0.29) is 35.6 Å². The van der Waals surface area contributed by atoms with E-state index in [1.54, 1.807) is 24.3 Å². The SMILES string of the molecule is N#Cc1ccc(N)c(C(=O)OCc2ccccc2)c1C(=O)OCc1ccccc1. The maximum absolute atomic E-state index is 12.7. The highest BCUT2D eigenvalue weighted by molar-refractivity contribution is 6.08. The zero-order valence-corrected chi connectivity index (χ0v) is 15.5. The van der Waals surface area contributed by atoms with Crippen LogP contribution >= 0.6 is 0 Å². The van der Waals surface area contributed by atoms with E-state index in [1.165, 1.54) is 12.1 Å². The minimum atomic E-state index is -0.815. The Bertz CT molecular complexity index is 1060. The second kappa shape index (κ2) is 9.20. The first-order chi connectivity index (χ1) is 14.1. The molecule has 6 nitrogen and oxygen atoms in total. The molecule has 29 heavy (non-hydrogen) atoms. The number of ether oxygens (including phenoxy) is 2. The molecule has 3 aromatic carbocycles. The van der Waals surface area contributed by atoms with Gasteiger partial charge in [0.15, 0.2) is 0 Å². The quantitative estimate of drug-likeness (QED) is 0.510. The zero-order chi connectivity index (χ0) is 20.6. The summed E-state index contributed by atoms with van der Waals surface area (Å²) in [7, 11) is 0. The number of carbonyl (C=O) groups excluding carboxylic acids is 2. The van der Waals surface area contributed by atoms with Crippen LogP contribution in [0.1, 0.15) is 37.4 Å². The molecule has 6 heteroatoms. The average molecular weight is 386 g/mol. The molecule has 0 fully saturated rings. The zero-order valence-electron chi connectivity index (χ0n) is 15.5. The molecule has 0 spiro atoms. The lowest BCUT2D eigenvalue weighted by atomic mass is 9.99. The fraction of sp³-hybridized carbons (Fsp3) is 0.0870. The van der Waals surface area contributed by atoms with Gasteiger partial charge in [-0.3, -0.25) is 0 Å². The lowest BCUT2D eigenvalue weighted by Crippen LogP contribution is -2.18. The molecule has 0 aliphatic carbocycles. The first-order valence-corrected chi connectivity index (χ1v) is 8.85. The lowest BCUT2D eigenvalue weighted by molar-refractivity contribution is 0.0426. The van der Waals surface area contributed by atoms with Crippen molar-refractivity contribution in [2.45, 2.75) is 13.2 Å². The van der Waals surface area contributed by atoms with Gasteiger partial charge in [0.1, 0.15) is 19.3 Å². The van der Waals surface area contributed by atoms with Crippen LogP contribution in [-0.2, 0) is 22.7 Å². The topological polar surface area (TPSA) is 102 Å². The predicted octanol–water partition coefficient (Wildman–Crippen LogP) is 3.85. The van der Waals surface area contributed by atoms with E-state index in [4.69, 9.17) is 15.2 Å². The van der Waals surface area contributed by atoms with Gasteiger partial charge in [0, 0.05) is 5.69 Å². The molecule has 3 aromatic rings. The van der Waals surface area contributed by atoms with E-state index in [2.05, 4.69) is 0 Å². The Balaban J connectivity index is 1.85. The number of nitrogens with two attached hydrogens (primary N) is 1. The van der Waals surface area contributed by atoms with Crippen LogP contribution in [0.15, 0.2) is 72.8 Å². The molecular weight excluding hydrogens is 368 g/mol. The highest BCUT2D eigenvalue weighted by atomic mass is 16.5. The second-order valence-corrected chi connectivity index (χ2v) is 6.19. The summed E-state index contributed by atoms with van der Waals surface area (Å²) in [5, 5.41) is 9.41. The number of benzene rings is 3. The molecule has 0 saturated heterocycles. The van der Waals surface area contributed by atoms with Gasteiger partial charge in [0.25, 0.3) is 0 Å². The van der Waals surface area contributed by atoms with Crippen molar-refractivity contribution in [3.05, 3.63) is 101 Å². The van der Waals surface area contributed by atoms with E-state index in [1.807, 2.05) is 42.5 Å². The molecule has 0 radical (unpaired) electrons. The van der Waals surface area contributed by atoms with Crippen LogP contribution in [-0.4, -0.2) is 11.9 Å². The summed E-state index contributed by atoms with van der Waals surface area (Å²) in [6.45, 7) is 0.00619. The molecular formula is C23H18N2O4. The monoisotopic (exact) mass is 386 g/mol. The normalized spacial score (nSPS) is 10.0. The third kappa shape index (κ3) is 4.79. The minimum absolute atomic E-state index is 0.00214. The van der Waals surface area contributed by atoms with E-state index in [0.29, 0.717) is 0 Å². The number of hydrogen-bond acceptors (Lipinski definition) is 6. The maximum Gasteiger partial charge on any atom is 0.341 e. The Hall–Kier alpha value is -4.11. The smallest absolute Gasteiger partial charge is 0.341 e. The summed E-state index contributed by atoms with van der Waals surface area (Å²) < 4.78 is 10.6. The van der Waals surface area contributed by atoms with Crippen molar-refractivity contribution in [1.82, 2.24) is 0 Å². The minimum Gasteiger partial charge on any atom is -0.457 e. The van der Waals surface area contributed by atoms with Crippen LogP contribution in [0.5, 0.6) is 0 Å². The standard InChI is InChI=1S/C23H18N2O4/c24-13-18-11-12-19(25)21(23(27)29-15-17-9-5-2-6-10-17)20(18)22(26)28-14-16-7-3-1-4-8-16/h1-12H,14-15,25H2. The summed E-state index contributed by atoms with van der Waals surface area (Å²) in [6.07, 6.45) is 0. The number of rotatable bonds is 6. The second-order valence-electron chi connectivity index (χ2n) is 6.19. The molecule has 0 unspecified atom stereocenters. The van der Waals surface area contributed by atoms with Gasteiger partial charge in [-0.15, -0.1) is 0 Å². The summed E-state index contributed by atoms with van der Waals surface area (Å²) >= 11 is 0. The van der Waals surface area contributed by atoms with Gasteiger partial charge < -0.3 is 15.2 Å². The summed E-state index contributed by atoms with van der Waals surface area (Å²) in [4.78, 5) is 25.4. The Morgan fingerprint density at radius 2 is 1.24 bits per heavy atom. The van der Waals surface area contributed by atoms with Crippen LogP contribution in [0, 0.1) is 11.3 Å². The number of esters is 2. The molecule has 2 N–H and O–H groups in total. The Morgan fingerprint density at radius 1 is 0.759 bits per heavy atom. The van der Waals surface area contributed by atoms with Gasteiger partial charge in [-0.2, -0.15) is 5.26 Å². The lowest BCUT2D eigenvalue weighted by Gasteiger charge is -2.13. The number of hydrogen-bond donors (Lipinski definition) is 1. The van der Waals surface area contributed by atoms with E-state index >= 15 is 0 Å². The van der Waals surface area contributed by atoms with Gasteiger partial charge >= 0.3 is 11.9 Å². The molecule has 0 bridgehead atoms. The van der Waals surface area contributed by atoms with Crippen molar-refractivity contribution in [2.75, 3.05) is 5.73 Å². The fourth-order valence-electron chi connectivity index (χ4n) is 2.73.